The van der Waals surface area contributed by atoms with Crippen LogP contribution in [0.5, 0.6) is 11.8 Å². The van der Waals surface area contributed by atoms with Crippen molar-refractivity contribution >= 4 is 17.8 Å². The maximum absolute atomic E-state index is 12.4. The quantitative estimate of drug-likeness (QED) is 0.744. The summed E-state index contributed by atoms with van der Waals surface area (Å²) in [6, 6.07) is -0.438. The first-order valence-electron chi connectivity index (χ1n) is 8.45. The maximum Gasteiger partial charge on any atom is 0.324 e. The Bertz CT molecular complexity index is 697. The van der Waals surface area contributed by atoms with E-state index in [1.807, 2.05) is 0 Å². The van der Waals surface area contributed by atoms with Gasteiger partial charge in [-0.3, -0.25) is 14.9 Å². The molecule has 0 radical (unpaired) electrons. The van der Waals surface area contributed by atoms with Crippen molar-refractivity contribution in [1.82, 2.24) is 25.1 Å². The van der Waals surface area contributed by atoms with Crippen molar-refractivity contribution in [2.45, 2.75) is 25.4 Å². The molecule has 4 amide bonds. The molecule has 0 aromatic carbocycles. The molecule has 140 valence electrons. The second kappa shape index (κ2) is 7.98. The molecule has 3 rings (SSSR count). The van der Waals surface area contributed by atoms with Gasteiger partial charge in [-0.1, -0.05) is 0 Å². The molecule has 0 bridgehead atoms. The standard InChI is InChI=1S/C16H21N5O5/c1-25-14-15(18-6-5-17-14)26-11-2-7-21(10-11)13(23)4-9-20-8-3-12(22)19-16(20)24/h5-6,11H,2-4,7-10H2,1H3,(H,19,22,24). The number of likely N-dealkylation sites (tertiary alicyclic amines) is 1. The summed E-state index contributed by atoms with van der Waals surface area (Å²) < 4.78 is 10.9. The number of urea groups is 1. The number of nitrogens with one attached hydrogen (secondary N) is 1. The molecule has 2 fully saturated rings. The number of nitrogens with zero attached hydrogens (tertiary/aromatic N) is 4. The predicted molar refractivity (Wildman–Crippen MR) is 88.5 cm³/mol. The van der Waals surface area contributed by atoms with Crippen molar-refractivity contribution in [2.75, 3.05) is 33.3 Å². The smallest absolute Gasteiger partial charge is 0.324 e. The zero-order chi connectivity index (χ0) is 18.5. The minimum Gasteiger partial charge on any atom is -0.477 e. The molecule has 2 aliphatic heterocycles. The first kappa shape index (κ1) is 17.9. The van der Waals surface area contributed by atoms with Crippen LogP contribution in [0.3, 0.4) is 0 Å². The van der Waals surface area contributed by atoms with E-state index >= 15 is 0 Å². The van der Waals surface area contributed by atoms with Crippen molar-refractivity contribution in [1.29, 1.82) is 0 Å². The summed E-state index contributed by atoms with van der Waals surface area (Å²) in [5, 5.41) is 2.25. The van der Waals surface area contributed by atoms with Crippen LogP contribution in [0.15, 0.2) is 12.4 Å². The maximum atomic E-state index is 12.4. The highest BCUT2D eigenvalue weighted by molar-refractivity contribution is 5.96. The molecule has 0 saturated carbocycles. The van der Waals surface area contributed by atoms with Crippen LogP contribution in [-0.2, 0) is 9.59 Å². The van der Waals surface area contributed by atoms with Crippen molar-refractivity contribution < 1.29 is 23.9 Å². The first-order chi connectivity index (χ1) is 12.6. The van der Waals surface area contributed by atoms with E-state index in [0.717, 1.165) is 0 Å². The number of imide groups is 1. The van der Waals surface area contributed by atoms with Gasteiger partial charge in [0.15, 0.2) is 0 Å². The Morgan fingerprint density at radius 3 is 2.77 bits per heavy atom. The molecule has 1 unspecified atom stereocenters. The normalized spacial score (nSPS) is 20.1. The second-order valence-electron chi connectivity index (χ2n) is 6.08. The summed E-state index contributed by atoms with van der Waals surface area (Å²) in [5.41, 5.74) is 0. The largest absolute Gasteiger partial charge is 0.477 e. The molecule has 1 N–H and O–H groups in total. The number of carbonyl (C=O) groups is 3. The topological polar surface area (TPSA) is 114 Å². The molecular formula is C16H21N5O5. The van der Waals surface area contributed by atoms with Crippen molar-refractivity contribution in [3.05, 3.63) is 12.4 Å². The molecule has 10 nitrogen and oxygen atoms in total. The molecule has 1 aromatic rings. The third kappa shape index (κ3) is 4.19. The molecule has 0 spiro atoms. The SMILES string of the molecule is COc1nccnc1OC1CCN(C(=O)CCN2CCC(=O)NC2=O)C1. The fraction of sp³-hybridized carbons (Fsp3) is 0.562. The van der Waals surface area contributed by atoms with Gasteiger partial charge in [-0.15, -0.1) is 0 Å². The van der Waals surface area contributed by atoms with Crippen LogP contribution in [0, 0.1) is 0 Å². The number of rotatable bonds is 6. The lowest BCUT2D eigenvalue weighted by atomic mass is 10.2. The second-order valence-corrected chi connectivity index (χ2v) is 6.08. The monoisotopic (exact) mass is 363 g/mol. The summed E-state index contributed by atoms with van der Waals surface area (Å²) in [4.78, 5) is 46.5. The van der Waals surface area contributed by atoms with Crippen LogP contribution >= 0.6 is 0 Å². The molecular weight excluding hydrogens is 342 g/mol. The summed E-state index contributed by atoms with van der Waals surface area (Å²) in [7, 11) is 1.49. The van der Waals surface area contributed by atoms with Gasteiger partial charge in [-0.25, -0.2) is 14.8 Å². The number of carbonyl (C=O) groups excluding carboxylic acids is 3. The minimum atomic E-state index is -0.438. The zero-order valence-corrected chi connectivity index (χ0v) is 14.5. The predicted octanol–water partition coefficient (Wildman–Crippen LogP) is -0.203. The van der Waals surface area contributed by atoms with Crippen LogP contribution in [0.25, 0.3) is 0 Å². The first-order valence-corrected chi connectivity index (χ1v) is 8.45. The van der Waals surface area contributed by atoms with E-state index in [1.165, 1.54) is 24.4 Å². The van der Waals surface area contributed by atoms with Crippen molar-refractivity contribution in [2.24, 2.45) is 0 Å². The average molecular weight is 363 g/mol. The summed E-state index contributed by atoms with van der Waals surface area (Å²) in [5.74, 6) is 0.287. The highest BCUT2D eigenvalue weighted by Gasteiger charge is 2.30. The van der Waals surface area contributed by atoms with E-state index in [2.05, 4.69) is 15.3 Å². The Labute approximate surface area is 150 Å². The third-order valence-corrected chi connectivity index (χ3v) is 4.34. The molecule has 1 atom stereocenters. The third-order valence-electron chi connectivity index (χ3n) is 4.34. The van der Waals surface area contributed by atoms with Crippen LogP contribution in [0.4, 0.5) is 4.79 Å². The van der Waals surface area contributed by atoms with Gasteiger partial charge in [-0.2, -0.15) is 0 Å². The van der Waals surface area contributed by atoms with Gasteiger partial charge < -0.3 is 19.3 Å². The van der Waals surface area contributed by atoms with E-state index in [0.29, 0.717) is 37.8 Å². The van der Waals surface area contributed by atoms with Crippen LogP contribution in [0.1, 0.15) is 19.3 Å². The van der Waals surface area contributed by atoms with Gasteiger partial charge in [0.05, 0.1) is 13.7 Å². The molecule has 0 aliphatic carbocycles. The van der Waals surface area contributed by atoms with Crippen LogP contribution in [-0.4, -0.2) is 77.0 Å². The van der Waals surface area contributed by atoms with E-state index in [-0.39, 0.29) is 37.3 Å². The lowest BCUT2D eigenvalue weighted by Gasteiger charge is -2.27. The average Bonchev–Trinajstić information content (AvgIpc) is 3.10. The molecule has 2 aliphatic rings. The summed E-state index contributed by atoms with van der Waals surface area (Å²) >= 11 is 0. The number of hydrogen-bond donors (Lipinski definition) is 1. The molecule has 3 heterocycles. The number of amides is 4. The van der Waals surface area contributed by atoms with E-state index in [1.54, 1.807) is 4.90 Å². The number of methoxy groups -OCH3 is 1. The Morgan fingerprint density at radius 2 is 2.04 bits per heavy atom. The van der Waals surface area contributed by atoms with Gasteiger partial charge in [0, 0.05) is 51.3 Å². The highest BCUT2D eigenvalue weighted by Crippen LogP contribution is 2.24. The zero-order valence-electron chi connectivity index (χ0n) is 14.5. The fourth-order valence-electron chi connectivity index (χ4n) is 2.94. The minimum absolute atomic E-state index is 0.0492. The summed E-state index contributed by atoms with van der Waals surface area (Å²) in [6.07, 6.45) is 4.01. The van der Waals surface area contributed by atoms with Crippen LogP contribution in [0.2, 0.25) is 0 Å². The number of hydrogen-bond acceptors (Lipinski definition) is 7. The molecule has 10 heteroatoms. The van der Waals surface area contributed by atoms with Gasteiger partial charge in [0.1, 0.15) is 6.10 Å². The Balaban J connectivity index is 1.47. The van der Waals surface area contributed by atoms with Gasteiger partial charge >= 0.3 is 6.03 Å². The number of ether oxygens (including phenoxy) is 2. The number of aromatic nitrogens is 2. The lowest BCUT2D eigenvalue weighted by Crippen LogP contribution is -2.50. The van der Waals surface area contributed by atoms with Gasteiger partial charge in [0.2, 0.25) is 11.8 Å². The lowest BCUT2D eigenvalue weighted by molar-refractivity contribution is -0.130. The highest BCUT2D eigenvalue weighted by atomic mass is 16.5. The molecule has 26 heavy (non-hydrogen) atoms. The van der Waals surface area contributed by atoms with Crippen molar-refractivity contribution in [3.8, 4) is 11.8 Å². The Morgan fingerprint density at radius 1 is 1.27 bits per heavy atom. The van der Waals surface area contributed by atoms with Crippen molar-refractivity contribution in [3.63, 3.8) is 0 Å². The molecule has 2 saturated heterocycles. The Hall–Kier alpha value is -2.91. The molecule has 1 aromatic heterocycles. The van der Waals surface area contributed by atoms with Crippen LogP contribution < -0.4 is 14.8 Å². The summed E-state index contributed by atoms with van der Waals surface area (Å²) in [6.45, 7) is 1.66. The Kier molecular flexibility index (Phi) is 5.49. The van der Waals surface area contributed by atoms with Gasteiger partial charge in [0.25, 0.3) is 11.8 Å². The van der Waals surface area contributed by atoms with E-state index in [9.17, 15) is 14.4 Å². The van der Waals surface area contributed by atoms with E-state index in [4.69, 9.17) is 9.47 Å². The van der Waals surface area contributed by atoms with E-state index < -0.39 is 6.03 Å². The fourth-order valence-corrected chi connectivity index (χ4v) is 2.94. The van der Waals surface area contributed by atoms with Gasteiger partial charge in [-0.05, 0) is 0 Å².